The van der Waals surface area contributed by atoms with Crippen molar-refractivity contribution in [1.82, 2.24) is 0 Å². The summed E-state index contributed by atoms with van der Waals surface area (Å²) < 4.78 is 5.86. The summed E-state index contributed by atoms with van der Waals surface area (Å²) in [6, 6.07) is 10.9. The molecule has 2 atom stereocenters. The van der Waals surface area contributed by atoms with Crippen molar-refractivity contribution in [3.05, 3.63) is 35.4 Å². The molecular formula is C16H19NO2. The Labute approximate surface area is 113 Å². The van der Waals surface area contributed by atoms with Crippen LogP contribution in [0.3, 0.4) is 0 Å². The molecule has 2 aliphatic rings. The number of hydrogen-bond donors (Lipinski definition) is 1. The van der Waals surface area contributed by atoms with Crippen molar-refractivity contribution in [2.75, 3.05) is 13.2 Å². The van der Waals surface area contributed by atoms with Crippen LogP contribution in [-0.2, 0) is 17.6 Å². The van der Waals surface area contributed by atoms with Gasteiger partial charge in [-0.05, 0) is 36.8 Å². The minimum absolute atomic E-state index is 0.0180. The number of fused-ring (bicyclic) bond motifs is 3. The topological polar surface area (TPSA) is 53.2 Å². The molecule has 0 spiro atoms. The van der Waals surface area contributed by atoms with Crippen LogP contribution in [0.25, 0.3) is 0 Å². The highest BCUT2D eigenvalue weighted by Crippen LogP contribution is 2.48. The fourth-order valence-electron chi connectivity index (χ4n) is 3.82. The zero-order chi connectivity index (χ0) is 13.3. The van der Waals surface area contributed by atoms with Crippen LogP contribution in [0, 0.1) is 23.2 Å². The molecule has 2 aliphatic carbocycles. The maximum Gasteiger partial charge on any atom is 0.160 e. The summed E-state index contributed by atoms with van der Waals surface area (Å²) in [6.07, 6.45) is 3.95. The Balaban J connectivity index is 1.96. The number of aliphatic hydroxyl groups is 1. The SMILES string of the molecule is N#CC1(OCCO)C2CCC1Cc1ccccc1C2. The molecule has 1 aromatic carbocycles. The standard InChI is InChI=1S/C16H19NO2/c17-11-16(19-8-7-18)14-5-6-15(16)10-13-4-2-1-3-12(13)9-14/h1-4,14-15,18H,5-10H2. The van der Waals surface area contributed by atoms with Gasteiger partial charge in [0.25, 0.3) is 0 Å². The van der Waals surface area contributed by atoms with Crippen molar-refractivity contribution >= 4 is 0 Å². The number of hydrogen-bond acceptors (Lipinski definition) is 3. The van der Waals surface area contributed by atoms with Crippen molar-refractivity contribution in [2.45, 2.75) is 31.3 Å². The number of aliphatic hydroxyl groups excluding tert-OH is 1. The van der Waals surface area contributed by atoms with Gasteiger partial charge in [0.15, 0.2) is 5.60 Å². The van der Waals surface area contributed by atoms with E-state index in [1.807, 2.05) is 0 Å². The maximum absolute atomic E-state index is 9.70. The van der Waals surface area contributed by atoms with E-state index in [0.29, 0.717) is 0 Å². The van der Waals surface area contributed by atoms with Crippen molar-refractivity contribution in [1.29, 1.82) is 5.26 Å². The quantitative estimate of drug-likeness (QED) is 0.902. The lowest BCUT2D eigenvalue weighted by atomic mass is 9.83. The molecule has 0 aliphatic heterocycles. The monoisotopic (exact) mass is 257 g/mol. The van der Waals surface area contributed by atoms with Crippen LogP contribution in [0.4, 0.5) is 0 Å². The van der Waals surface area contributed by atoms with Crippen molar-refractivity contribution in [3.63, 3.8) is 0 Å². The average molecular weight is 257 g/mol. The lowest BCUT2D eigenvalue weighted by Crippen LogP contribution is -2.42. The van der Waals surface area contributed by atoms with Crippen molar-refractivity contribution in [2.24, 2.45) is 11.8 Å². The summed E-state index contributed by atoms with van der Waals surface area (Å²) in [7, 11) is 0. The second-order valence-electron chi connectivity index (χ2n) is 5.63. The van der Waals surface area contributed by atoms with E-state index in [0.717, 1.165) is 25.7 Å². The van der Waals surface area contributed by atoms with Crippen LogP contribution in [0.2, 0.25) is 0 Å². The van der Waals surface area contributed by atoms with Crippen LogP contribution < -0.4 is 0 Å². The van der Waals surface area contributed by atoms with Gasteiger partial charge in [-0.15, -0.1) is 0 Å². The van der Waals surface area contributed by atoms with Crippen LogP contribution in [-0.4, -0.2) is 23.9 Å². The van der Waals surface area contributed by atoms with Gasteiger partial charge in [-0.2, -0.15) is 5.26 Å². The third-order valence-corrected chi connectivity index (χ3v) is 4.73. The molecule has 3 nitrogen and oxygen atoms in total. The number of ether oxygens (including phenoxy) is 1. The summed E-state index contributed by atoms with van der Waals surface area (Å²) in [5.74, 6) is 0.524. The van der Waals surface area contributed by atoms with Gasteiger partial charge in [-0.3, -0.25) is 0 Å². The molecule has 2 bridgehead atoms. The fourth-order valence-corrected chi connectivity index (χ4v) is 3.82. The Morgan fingerprint density at radius 1 is 1.21 bits per heavy atom. The first-order valence-corrected chi connectivity index (χ1v) is 7.03. The molecule has 100 valence electrons. The van der Waals surface area contributed by atoms with Gasteiger partial charge in [-0.25, -0.2) is 0 Å². The molecular weight excluding hydrogens is 238 g/mol. The molecule has 3 heteroatoms. The average Bonchev–Trinajstić information content (AvgIpc) is 2.68. The van der Waals surface area contributed by atoms with Gasteiger partial charge in [0.2, 0.25) is 0 Å². The Morgan fingerprint density at radius 2 is 1.79 bits per heavy atom. The smallest absolute Gasteiger partial charge is 0.160 e. The minimum atomic E-state index is -0.693. The molecule has 0 aromatic heterocycles. The minimum Gasteiger partial charge on any atom is -0.394 e. The molecule has 1 saturated carbocycles. The largest absolute Gasteiger partial charge is 0.394 e. The van der Waals surface area contributed by atoms with E-state index in [4.69, 9.17) is 9.84 Å². The Bertz CT molecular complexity index is 473. The van der Waals surface area contributed by atoms with Gasteiger partial charge in [0.05, 0.1) is 19.3 Å². The van der Waals surface area contributed by atoms with Crippen LogP contribution >= 0.6 is 0 Å². The normalized spacial score (nSPS) is 32.4. The van der Waals surface area contributed by atoms with Crippen LogP contribution in [0.1, 0.15) is 24.0 Å². The highest BCUT2D eigenvalue weighted by Gasteiger charge is 2.53. The zero-order valence-electron chi connectivity index (χ0n) is 11.0. The Kier molecular flexibility index (Phi) is 3.30. The number of nitrogens with zero attached hydrogens (tertiary/aromatic N) is 1. The molecule has 0 radical (unpaired) electrons. The van der Waals surface area contributed by atoms with Crippen molar-refractivity contribution in [3.8, 4) is 6.07 Å². The van der Waals surface area contributed by atoms with Gasteiger partial charge in [0.1, 0.15) is 0 Å². The fraction of sp³-hybridized carbons (Fsp3) is 0.562. The second kappa shape index (κ2) is 4.96. The third kappa shape index (κ3) is 1.96. The summed E-state index contributed by atoms with van der Waals surface area (Å²) in [5.41, 5.74) is 2.03. The molecule has 1 N–H and O–H groups in total. The second-order valence-corrected chi connectivity index (χ2v) is 5.63. The highest BCUT2D eigenvalue weighted by molar-refractivity contribution is 5.33. The molecule has 19 heavy (non-hydrogen) atoms. The first-order valence-electron chi connectivity index (χ1n) is 7.03. The van der Waals surface area contributed by atoms with Gasteiger partial charge < -0.3 is 9.84 Å². The molecule has 0 amide bonds. The van der Waals surface area contributed by atoms with E-state index in [1.54, 1.807) is 0 Å². The molecule has 0 saturated heterocycles. The van der Waals surface area contributed by atoms with E-state index in [9.17, 15) is 5.26 Å². The van der Waals surface area contributed by atoms with E-state index in [-0.39, 0.29) is 25.0 Å². The Hall–Kier alpha value is -1.37. The van der Waals surface area contributed by atoms with E-state index in [1.165, 1.54) is 11.1 Å². The molecule has 0 heterocycles. The van der Waals surface area contributed by atoms with Crippen molar-refractivity contribution < 1.29 is 9.84 Å². The lowest BCUT2D eigenvalue weighted by molar-refractivity contribution is -0.0675. The number of nitriles is 1. The predicted octanol–water partition coefficient (Wildman–Crippen LogP) is 2.08. The Morgan fingerprint density at radius 3 is 2.26 bits per heavy atom. The number of rotatable bonds is 3. The summed E-state index contributed by atoms with van der Waals surface area (Å²) in [6.45, 7) is 0.243. The first kappa shape index (κ1) is 12.7. The molecule has 1 fully saturated rings. The van der Waals surface area contributed by atoms with E-state index in [2.05, 4.69) is 30.3 Å². The third-order valence-electron chi connectivity index (χ3n) is 4.73. The zero-order valence-corrected chi connectivity index (χ0v) is 11.0. The van der Waals surface area contributed by atoms with Crippen LogP contribution in [0.5, 0.6) is 0 Å². The van der Waals surface area contributed by atoms with Crippen LogP contribution in [0.15, 0.2) is 24.3 Å². The molecule has 2 unspecified atom stereocenters. The molecule has 1 aromatic rings. The van der Waals surface area contributed by atoms with E-state index < -0.39 is 5.60 Å². The first-order chi connectivity index (χ1) is 9.30. The number of benzene rings is 1. The van der Waals surface area contributed by atoms with Gasteiger partial charge in [0, 0.05) is 11.8 Å². The lowest BCUT2D eigenvalue weighted by Gasteiger charge is -2.32. The maximum atomic E-state index is 9.70. The highest BCUT2D eigenvalue weighted by atomic mass is 16.5. The summed E-state index contributed by atoms with van der Waals surface area (Å²) in [4.78, 5) is 0. The van der Waals surface area contributed by atoms with Gasteiger partial charge >= 0.3 is 0 Å². The summed E-state index contributed by atoms with van der Waals surface area (Å²) in [5, 5.41) is 18.7. The van der Waals surface area contributed by atoms with E-state index >= 15 is 0 Å². The summed E-state index contributed by atoms with van der Waals surface area (Å²) >= 11 is 0. The predicted molar refractivity (Wildman–Crippen MR) is 71.4 cm³/mol. The van der Waals surface area contributed by atoms with Gasteiger partial charge in [-0.1, -0.05) is 24.3 Å². The molecule has 3 rings (SSSR count).